The van der Waals surface area contributed by atoms with E-state index in [2.05, 4.69) is 25.8 Å². The predicted molar refractivity (Wildman–Crippen MR) is 130 cm³/mol. The fraction of sp³-hybridized carbons (Fsp3) is 0.286. The van der Waals surface area contributed by atoms with Crippen molar-refractivity contribution in [3.8, 4) is 11.4 Å². The molecule has 7 nitrogen and oxygen atoms in total. The van der Waals surface area contributed by atoms with Crippen LogP contribution in [0.1, 0.15) is 12.3 Å². The molecule has 0 saturated carbocycles. The number of halogens is 4. The Hall–Kier alpha value is -2.47. The highest BCUT2D eigenvalue weighted by Gasteiger charge is 2.25. The highest BCUT2D eigenvalue weighted by molar-refractivity contribution is 14.0. The molecule has 3 aromatic rings. The first kappa shape index (κ1) is 24.2. The molecule has 0 amide bonds. The lowest BCUT2D eigenvalue weighted by Gasteiger charge is -2.20. The summed E-state index contributed by atoms with van der Waals surface area (Å²) in [6.07, 6.45) is 0.790. The molecule has 11 heteroatoms. The summed E-state index contributed by atoms with van der Waals surface area (Å²) in [6, 6.07) is 10.9. The Bertz CT molecular complexity index is 1080. The van der Waals surface area contributed by atoms with Gasteiger partial charge in [-0.15, -0.1) is 24.0 Å². The van der Waals surface area contributed by atoms with E-state index in [0.717, 1.165) is 18.1 Å². The van der Waals surface area contributed by atoms with Crippen LogP contribution in [0.5, 0.6) is 0 Å². The Morgan fingerprint density at radius 3 is 2.75 bits per heavy atom. The van der Waals surface area contributed by atoms with Crippen molar-refractivity contribution in [2.45, 2.75) is 19.0 Å². The first-order chi connectivity index (χ1) is 15.0. The molecule has 1 fully saturated rings. The highest BCUT2D eigenvalue weighted by Crippen LogP contribution is 2.24. The third kappa shape index (κ3) is 5.85. The van der Waals surface area contributed by atoms with E-state index in [1.165, 1.54) is 12.1 Å². The van der Waals surface area contributed by atoms with Crippen molar-refractivity contribution in [3.05, 3.63) is 65.0 Å². The maximum Gasteiger partial charge on any atom is 0.246 e. The first-order valence-electron chi connectivity index (χ1n) is 9.77. The molecule has 0 spiro atoms. The molecule has 2 heterocycles. The van der Waals surface area contributed by atoms with Crippen molar-refractivity contribution in [1.82, 2.24) is 20.8 Å². The van der Waals surface area contributed by atoms with Crippen LogP contribution in [0.2, 0.25) is 5.02 Å². The lowest BCUT2D eigenvalue weighted by molar-refractivity contribution is 0.375. The smallest absolute Gasteiger partial charge is 0.246 e. The van der Waals surface area contributed by atoms with Gasteiger partial charge in [0.05, 0.1) is 12.2 Å². The highest BCUT2D eigenvalue weighted by atomic mass is 127. The van der Waals surface area contributed by atoms with Crippen LogP contribution < -0.4 is 15.5 Å². The molecule has 1 unspecified atom stereocenters. The van der Waals surface area contributed by atoms with Gasteiger partial charge in [0.25, 0.3) is 0 Å². The molecule has 2 aromatic carbocycles. The normalized spacial score (nSPS) is 16.1. The van der Waals surface area contributed by atoms with Gasteiger partial charge in [-0.3, -0.25) is 4.99 Å². The average Bonchev–Trinajstić information content (AvgIpc) is 3.41. The number of benzene rings is 2. The van der Waals surface area contributed by atoms with E-state index in [-0.39, 0.29) is 30.0 Å². The molecule has 1 atom stereocenters. The second-order valence-electron chi connectivity index (χ2n) is 7.12. The summed E-state index contributed by atoms with van der Waals surface area (Å²) in [7, 11) is 1.66. The molecule has 170 valence electrons. The summed E-state index contributed by atoms with van der Waals surface area (Å²) >= 11 is 5.90. The number of hydrogen-bond acceptors (Lipinski definition) is 5. The minimum absolute atomic E-state index is 0. The van der Waals surface area contributed by atoms with Gasteiger partial charge in [0.15, 0.2) is 5.96 Å². The van der Waals surface area contributed by atoms with Gasteiger partial charge in [0.1, 0.15) is 11.6 Å². The van der Waals surface area contributed by atoms with Crippen LogP contribution in [-0.2, 0) is 6.54 Å². The minimum atomic E-state index is -0.583. The lowest BCUT2D eigenvalue weighted by Crippen LogP contribution is -2.44. The summed E-state index contributed by atoms with van der Waals surface area (Å²) in [5, 5.41) is 11.1. The second-order valence-corrected chi connectivity index (χ2v) is 7.55. The molecular formula is C21H22ClF2IN6O. The number of aliphatic imine (C=N–C) groups is 1. The predicted octanol–water partition coefficient (Wildman–Crippen LogP) is 4.23. The molecule has 0 radical (unpaired) electrons. The van der Waals surface area contributed by atoms with Gasteiger partial charge in [-0.2, -0.15) is 4.98 Å². The topological polar surface area (TPSA) is 78.6 Å². The molecular weight excluding hydrogens is 553 g/mol. The Kier molecular flexibility index (Phi) is 8.24. The van der Waals surface area contributed by atoms with E-state index in [4.69, 9.17) is 16.1 Å². The minimum Gasteiger partial charge on any atom is -0.367 e. The van der Waals surface area contributed by atoms with E-state index in [1.807, 2.05) is 17.0 Å². The largest absolute Gasteiger partial charge is 0.367 e. The number of nitrogens with one attached hydrogen (secondary N) is 2. The van der Waals surface area contributed by atoms with Gasteiger partial charge >= 0.3 is 0 Å². The zero-order chi connectivity index (χ0) is 21.8. The van der Waals surface area contributed by atoms with Crippen LogP contribution in [-0.4, -0.2) is 42.3 Å². The number of anilines is 1. The van der Waals surface area contributed by atoms with Crippen LogP contribution in [0.15, 0.2) is 52.0 Å². The average molecular weight is 575 g/mol. The van der Waals surface area contributed by atoms with Gasteiger partial charge < -0.3 is 20.1 Å². The van der Waals surface area contributed by atoms with E-state index >= 15 is 0 Å². The molecule has 0 aliphatic carbocycles. The quantitative estimate of drug-likeness (QED) is 0.270. The van der Waals surface area contributed by atoms with Crippen molar-refractivity contribution >= 4 is 47.2 Å². The van der Waals surface area contributed by atoms with Crippen LogP contribution in [0.25, 0.3) is 11.4 Å². The lowest BCUT2D eigenvalue weighted by atomic mass is 10.2. The van der Waals surface area contributed by atoms with Crippen LogP contribution in [0.4, 0.5) is 14.5 Å². The summed E-state index contributed by atoms with van der Waals surface area (Å²) in [5.41, 5.74) is 1.20. The van der Waals surface area contributed by atoms with E-state index in [9.17, 15) is 8.78 Å². The third-order valence-electron chi connectivity index (χ3n) is 4.98. The molecule has 1 aromatic heterocycles. The van der Waals surface area contributed by atoms with Crippen molar-refractivity contribution in [3.63, 3.8) is 0 Å². The molecule has 4 rings (SSSR count). The summed E-state index contributed by atoms with van der Waals surface area (Å²) in [4.78, 5) is 10.5. The van der Waals surface area contributed by atoms with Crippen molar-refractivity contribution in [1.29, 1.82) is 0 Å². The molecule has 1 saturated heterocycles. The molecule has 1 aliphatic heterocycles. The van der Waals surface area contributed by atoms with Gasteiger partial charge in [-0.05, 0) is 42.8 Å². The Morgan fingerprint density at radius 2 is 2.03 bits per heavy atom. The summed E-state index contributed by atoms with van der Waals surface area (Å²) < 4.78 is 32.5. The summed E-state index contributed by atoms with van der Waals surface area (Å²) in [5.74, 6) is 0.312. The number of rotatable bonds is 5. The Labute approximate surface area is 206 Å². The standard InChI is InChI=1S/C21H21ClF2N6O.HI/c1-25-21(26-11-19-28-20(29-31-19)13-2-4-14(22)5-3-13)27-16-8-9-30(12-16)18-7-6-15(23)10-17(18)24;/h2-7,10,16H,8-9,11-12H2,1H3,(H2,25,26,27);1H. The zero-order valence-electron chi connectivity index (χ0n) is 17.2. The van der Waals surface area contributed by atoms with Gasteiger partial charge in [-0.25, -0.2) is 8.78 Å². The SMILES string of the molecule is CN=C(NCc1nc(-c2ccc(Cl)cc2)no1)NC1CCN(c2ccc(F)cc2F)C1.I. The van der Waals surface area contributed by atoms with Gasteiger partial charge in [0.2, 0.25) is 11.7 Å². The van der Waals surface area contributed by atoms with Crippen molar-refractivity contribution < 1.29 is 13.3 Å². The van der Waals surface area contributed by atoms with Crippen LogP contribution in [0.3, 0.4) is 0 Å². The molecule has 32 heavy (non-hydrogen) atoms. The van der Waals surface area contributed by atoms with E-state index in [0.29, 0.717) is 48.0 Å². The Balaban J connectivity index is 0.00000289. The van der Waals surface area contributed by atoms with Crippen molar-refractivity contribution in [2.24, 2.45) is 4.99 Å². The fourth-order valence-electron chi connectivity index (χ4n) is 3.42. The molecule has 2 N–H and O–H groups in total. The second kappa shape index (κ2) is 10.9. The molecule has 1 aliphatic rings. The van der Waals surface area contributed by atoms with Gasteiger partial charge in [0, 0.05) is 42.8 Å². The van der Waals surface area contributed by atoms with Crippen LogP contribution >= 0.6 is 35.6 Å². The van der Waals surface area contributed by atoms with Crippen LogP contribution in [0, 0.1) is 11.6 Å². The number of nitrogens with zero attached hydrogens (tertiary/aromatic N) is 4. The number of aromatic nitrogens is 2. The monoisotopic (exact) mass is 574 g/mol. The van der Waals surface area contributed by atoms with E-state index in [1.54, 1.807) is 19.2 Å². The van der Waals surface area contributed by atoms with Gasteiger partial charge in [-0.1, -0.05) is 16.8 Å². The molecule has 0 bridgehead atoms. The maximum atomic E-state index is 14.0. The van der Waals surface area contributed by atoms with Crippen molar-refractivity contribution in [2.75, 3.05) is 25.0 Å². The number of guanidine groups is 1. The first-order valence-corrected chi connectivity index (χ1v) is 10.2. The fourth-order valence-corrected chi connectivity index (χ4v) is 3.55. The number of hydrogen-bond donors (Lipinski definition) is 2. The third-order valence-corrected chi connectivity index (χ3v) is 5.23. The summed E-state index contributed by atoms with van der Waals surface area (Å²) in [6.45, 7) is 1.53. The van der Waals surface area contributed by atoms with E-state index < -0.39 is 11.6 Å². The maximum absolute atomic E-state index is 14.0. The Morgan fingerprint density at radius 1 is 1.25 bits per heavy atom. The zero-order valence-corrected chi connectivity index (χ0v) is 20.3.